The first-order valence-electron chi connectivity index (χ1n) is 6.24. The van der Waals surface area contributed by atoms with Gasteiger partial charge in [0.25, 0.3) is 0 Å². The minimum Gasteiger partial charge on any atom is -0.370 e. The summed E-state index contributed by atoms with van der Waals surface area (Å²) < 4.78 is 41.0. The fraction of sp³-hybridized carbons (Fsp3) is 0.462. The van der Waals surface area contributed by atoms with Gasteiger partial charge in [-0.05, 0) is 24.2 Å². The van der Waals surface area contributed by atoms with E-state index in [2.05, 4.69) is 15.4 Å². The van der Waals surface area contributed by atoms with Gasteiger partial charge in [-0.25, -0.2) is 0 Å². The van der Waals surface area contributed by atoms with E-state index in [9.17, 15) is 18.0 Å². The molecule has 1 aromatic rings. The third kappa shape index (κ3) is 4.09. The third-order valence-electron chi connectivity index (χ3n) is 3.12. The predicted molar refractivity (Wildman–Crippen MR) is 72.5 cm³/mol. The summed E-state index contributed by atoms with van der Waals surface area (Å²) >= 11 is 6.13. The van der Waals surface area contributed by atoms with E-state index in [-0.39, 0.29) is 18.9 Å². The molecule has 0 radical (unpaired) electrons. The molecule has 0 saturated carbocycles. The summed E-state index contributed by atoms with van der Waals surface area (Å²) in [6.07, 6.45) is -4.13. The van der Waals surface area contributed by atoms with Crippen LogP contribution in [-0.2, 0) is 16.0 Å². The summed E-state index contributed by atoms with van der Waals surface area (Å²) in [4.78, 5) is 11.3. The molecule has 0 aliphatic carbocycles. The van der Waals surface area contributed by atoms with Crippen molar-refractivity contribution in [2.75, 3.05) is 25.6 Å². The van der Waals surface area contributed by atoms with Crippen LogP contribution in [0.5, 0.6) is 0 Å². The number of halogens is 4. The van der Waals surface area contributed by atoms with Crippen LogP contribution in [0.4, 0.5) is 18.9 Å². The standard InChI is InChI=1S/C13H14ClF3N2O2/c1-18-11(5-21-6-13(15,16)17)8-2-7-3-12(20)19-10(7)4-9(8)14/h2,4,11,18H,3,5-6H2,1H3,(H,19,20). The van der Waals surface area contributed by atoms with Gasteiger partial charge in [-0.2, -0.15) is 13.2 Å². The molecular weight excluding hydrogens is 309 g/mol. The molecule has 1 aliphatic heterocycles. The molecule has 116 valence electrons. The van der Waals surface area contributed by atoms with Crippen molar-refractivity contribution < 1.29 is 22.7 Å². The molecule has 0 aromatic heterocycles. The van der Waals surface area contributed by atoms with Crippen LogP contribution < -0.4 is 10.6 Å². The molecule has 0 bridgehead atoms. The van der Waals surface area contributed by atoms with E-state index >= 15 is 0 Å². The lowest BCUT2D eigenvalue weighted by atomic mass is 10.0. The second kappa shape index (κ2) is 6.21. The van der Waals surface area contributed by atoms with Crippen molar-refractivity contribution in [2.24, 2.45) is 0 Å². The zero-order chi connectivity index (χ0) is 15.6. The lowest BCUT2D eigenvalue weighted by molar-refractivity contribution is -0.175. The highest BCUT2D eigenvalue weighted by Crippen LogP contribution is 2.33. The fourth-order valence-corrected chi connectivity index (χ4v) is 2.45. The zero-order valence-corrected chi connectivity index (χ0v) is 11.9. The molecule has 1 unspecified atom stereocenters. The molecule has 4 nitrogen and oxygen atoms in total. The lowest BCUT2D eigenvalue weighted by Crippen LogP contribution is -2.26. The maximum Gasteiger partial charge on any atom is 0.411 e. The van der Waals surface area contributed by atoms with Gasteiger partial charge in [-0.15, -0.1) is 0 Å². The molecule has 2 rings (SSSR count). The number of anilines is 1. The van der Waals surface area contributed by atoms with Crippen LogP contribution in [0.2, 0.25) is 5.02 Å². The number of benzene rings is 1. The van der Waals surface area contributed by atoms with Crippen LogP contribution in [-0.4, -0.2) is 32.3 Å². The topological polar surface area (TPSA) is 50.4 Å². The zero-order valence-electron chi connectivity index (χ0n) is 11.2. The SMILES string of the molecule is CNC(COCC(F)(F)F)c1cc2c(cc1Cl)NC(=O)C2. The largest absolute Gasteiger partial charge is 0.411 e. The average molecular weight is 323 g/mol. The van der Waals surface area contributed by atoms with Crippen molar-refractivity contribution in [1.82, 2.24) is 5.32 Å². The number of carbonyl (C=O) groups excluding carboxylic acids is 1. The first kappa shape index (κ1) is 16.1. The molecule has 1 atom stereocenters. The first-order chi connectivity index (χ1) is 9.80. The first-order valence-corrected chi connectivity index (χ1v) is 6.62. The Kier molecular flexibility index (Phi) is 4.75. The van der Waals surface area contributed by atoms with Crippen LogP contribution in [0.3, 0.4) is 0 Å². The third-order valence-corrected chi connectivity index (χ3v) is 3.45. The number of nitrogens with one attached hydrogen (secondary N) is 2. The van der Waals surface area contributed by atoms with Crippen LogP contribution in [0.15, 0.2) is 12.1 Å². The Morgan fingerprint density at radius 2 is 2.19 bits per heavy atom. The highest BCUT2D eigenvalue weighted by molar-refractivity contribution is 6.32. The molecule has 1 aliphatic rings. The van der Waals surface area contributed by atoms with Crippen LogP contribution in [0.25, 0.3) is 0 Å². The van der Waals surface area contributed by atoms with Crippen molar-refractivity contribution in [3.05, 3.63) is 28.3 Å². The van der Waals surface area contributed by atoms with E-state index in [1.165, 1.54) is 0 Å². The molecule has 1 amide bonds. The lowest BCUT2D eigenvalue weighted by Gasteiger charge is -2.19. The molecular formula is C13H14ClF3N2O2. The molecule has 8 heteroatoms. The van der Waals surface area contributed by atoms with E-state index in [0.717, 1.165) is 5.56 Å². The summed E-state index contributed by atoms with van der Waals surface area (Å²) in [5, 5.41) is 5.89. The second-order valence-corrected chi connectivity index (χ2v) is 5.13. The smallest absolute Gasteiger partial charge is 0.370 e. The van der Waals surface area contributed by atoms with E-state index in [4.69, 9.17) is 11.6 Å². The Labute approximate surface area is 124 Å². The van der Waals surface area contributed by atoms with Gasteiger partial charge in [0.15, 0.2) is 0 Å². The van der Waals surface area contributed by atoms with Crippen molar-refractivity contribution >= 4 is 23.2 Å². The van der Waals surface area contributed by atoms with Crippen molar-refractivity contribution in [3.8, 4) is 0 Å². The van der Waals surface area contributed by atoms with E-state index in [1.807, 2.05) is 0 Å². The molecule has 2 N–H and O–H groups in total. The predicted octanol–water partition coefficient (Wildman–Crippen LogP) is 2.67. The van der Waals surface area contributed by atoms with Gasteiger partial charge in [0.2, 0.25) is 5.91 Å². The number of ether oxygens (including phenoxy) is 1. The summed E-state index contributed by atoms with van der Waals surface area (Å²) in [7, 11) is 1.61. The Balaban J connectivity index is 2.12. The van der Waals surface area contributed by atoms with Crippen LogP contribution in [0, 0.1) is 0 Å². The molecule has 0 spiro atoms. The number of alkyl halides is 3. The fourth-order valence-electron chi connectivity index (χ4n) is 2.16. The molecule has 0 saturated heterocycles. The highest BCUT2D eigenvalue weighted by Gasteiger charge is 2.28. The Morgan fingerprint density at radius 1 is 1.48 bits per heavy atom. The van der Waals surface area contributed by atoms with Crippen molar-refractivity contribution in [3.63, 3.8) is 0 Å². The maximum absolute atomic E-state index is 12.1. The van der Waals surface area contributed by atoms with Gasteiger partial charge >= 0.3 is 6.18 Å². The monoisotopic (exact) mass is 322 g/mol. The van der Waals surface area contributed by atoms with Crippen molar-refractivity contribution in [1.29, 1.82) is 0 Å². The van der Waals surface area contributed by atoms with Crippen LogP contribution >= 0.6 is 11.6 Å². The van der Waals surface area contributed by atoms with Crippen LogP contribution in [0.1, 0.15) is 17.2 Å². The van der Waals surface area contributed by atoms with Crippen molar-refractivity contribution in [2.45, 2.75) is 18.6 Å². The molecule has 1 heterocycles. The number of hydrogen-bond acceptors (Lipinski definition) is 3. The number of likely N-dealkylation sites (N-methyl/N-ethyl adjacent to an activating group) is 1. The van der Waals surface area contributed by atoms with E-state index < -0.39 is 18.8 Å². The number of fused-ring (bicyclic) bond motifs is 1. The number of carbonyl (C=O) groups is 1. The van der Waals surface area contributed by atoms with Gasteiger partial charge < -0.3 is 15.4 Å². The summed E-state index contributed by atoms with van der Waals surface area (Å²) in [5.74, 6) is -0.132. The van der Waals surface area contributed by atoms with Gasteiger partial charge in [0, 0.05) is 10.7 Å². The quantitative estimate of drug-likeness (QED) is 0.876. The Hall–Kier alpha value is -1.31. The highest BCUT2D eigenvalue weighted by atomic mass is 35.5. The Bertz CT molecular complexity index is 549. The summed E-state index contributed by atoms with van der Waals surface area (Å²) in [6, 6.07) is 2.83. The Morgan fingerprint density at radius 3 is 2.81 bits per heavy atom. The summed E-state index contributed by atoms with van der Waals surface area (Å²) in [6.45, 7) is -1.48. The van der Waals surface area contributed by atoms with Gasteiger partial charge in [0.05, 0.1) is 19.1 Å². The second-order valence-electron chi connectivity index (χ2n) is 4.73. The molecule has 21 heavy (non-hydrogen) atoms. The molecule has 0 fully saturated rings. The molecule has 1 aromatic carbocycles. The van der Waals surface area contributed by atoms with Gasteiger partial charge in [0.1, 0.15) is 6.61 Å². The maximum atomic E-state index is 12.1. The minimum absolute atomic E-state index is 0.132. The van der Waals surface area contributed by atoms with Gasteiger partial charge in [-0.3, -0.25) is 4.79 Å². The minimum atomic E-state index is -4.36. The normalized spacial score (nSPS) is 15.8. The number of hydrogen-bond donors (Lipinski definition) is 2. The number of amides is 1. The summed E-state index contributed by atoms with van der Waals surface area (Å²) in [5.41, 5.74) is 2.02. The number of rotatable bonds is 5. The van der Waals surface area contributed by atoms with E-state index in [0.29, 0.717) is 16.3 Å². The van der Waals surface area contributed by atoms with E-state index in [1.54, 1.807) is 19.2 Å². The van der Waals surface area contributed by atoms with Gasteiger partial charge in [-0.1, -0.05) is 17.7 Å². The average Bonchev–Trinajstić information content (AvgIpc) is 2.72.